The third kappa shape index (κ3) is 6.93. The number of hydrogen-bond acceptors (Lipinski definition) is 5. The van der Waals surface area contributed by atoms with Crippen LogP contribution in [0.2, 0.25) is 0 Å². The van der Waals surface area contributed by atoms with Gasteiger partial charge in [0.25, 0.3) is 0 Å². The van der Waals surface area contributed by atoms with Crippen LogP contribution in [0.25, 0.3) is 0 Å². The molecule has 0 bridgehead atoms. The Hall–Kier alpha value is -0.650. The Balaban J connectivity index is 4.21. The largest absolute Gasteiger partial charge is 0.347 e. The molecule has 0 atom stereocenters. The van der Waals surface area contributed by atoms with E-state index in [0.717, 1.165) is 0 Å². The molecule has 0 fully saturated rings. The van der Waals surface area contributed by atoms with Gasteiger partial charge in [-0.25, -0.2) is 9.68 Å². The first kappa shape index (κ1) is 17.4. The Bertz CT molecular complexity index is 276. The van der Waals surface area contributed by atoms with Gasteiger partial charge in [-0.2, -0.15) is 4.89 Å². The van der Waals surface area contributed by atoms with E-state index in [0.29, 0.717) is 12.8 Å². The molecule has 0 aromatic carbocycles. The van der Waals surface area contributed by atoms with Crippen LogP contribution in [-0.4, -0.2) is 22.4 Å². The number of rotatable bonds is 6. The van der Waals surface area contributed by atoms with Crippen LogP contribution in [0.15, 0.2) is 0 Å². The van der Waals surface area contributed by atoms with Crippen molar-refractivity contribution in [2.24, 2.45) is 5.41 Å². The predicted molar refractivity (Wildman–Crippen MR) is 67.7 cm³/mol. The van der Waals surface area contributed by atoms with Gasteiger partial charge in [-0.05, 0) is 61.3 Å². The van der Waals surface area contributed by atoms with Gasteiger partial charge in [-0.15, -0.1) is 0 Å². The third-order valence-electron chi connectivity index (χ3n) is 2.53. The van der Waals surface area contributed by atoms with E-state index in [1.807, 2.05) is 13.8 Å². The molecular weight excluding hydrogens is 236 g/mol. The van der Waals surface area contributed by atoms with Crippen LogP contribution in [0.4, 0.5) is 0 Å². The summed E-state index contributed by atoms with van der Waals surface area (Å²) in [5.74, 6) is -0.409. The minimum atomic E-state index is -0.644. The maximum atomic E-state index is 11.6. The van der Waals surface area contributed by atoms with Gasteiger partial charge in [-0.1, -0.05) is 0 Å². The molecule has 0 aliphatic heterocycles. The highest BCUT2D eigenvalue weighted by Crippen LogP contribution is 2.25. The predicted octanol–water partition coefficient (Wildman–Crippen LogP) is 3.33. The van der Waals surface area contributed by atoms with Crippen LogP contribution in [0.5, 0.6) is 0 Å². The lowest BCUT2D eigenvalue weighted by atomic mass is 9.94. The molecule has 0 aliphatic carbocycles. The van der Waals surface area contributed by atoms with Gasteiger partial charge >= 0.3 is 5.97 Å². The summed E-state index contributed by atoms with van der Waals surface area (Å²) in [4.78, 5) is 25.9. The molecular formula is C13H26O5. The molecule has 0 saturated heterocycles. The van der Waals surface area contributed by atoms with Crippen molar-refractivity contribution in [2.45, 2.75) is 72.5 Å². The molecule has 0 spiro atoms. The third-order valence-corrected chi connectivity index (χ3v) is 2.53. The Morgan fingerprint density at radius 1 is 0.944 bits per heavy atom. The lowest BCUT2D eigenvalue weighted by molar-refractivity contribution is -0.340. The van der Waals surface area contributed by atoms with Crippen molar-refractivity contribution >= 4 is 5.97 Å². The normalized spacial score (nSPS) is 13.6. The Labute approximate surface area is 109 Å². The van der Waals surface area contributed by atoms with Gasteiger partial charge in [-0.3, -0.25) is 10.1 Å². The Kier molecular flexibility index (Phi) is 5.78. The van der Waals surface area contributed by atoms with E-state index in [9.17, 15) is 4.79 Å². The standard InChI is InChI=1S/C13H26O5/c1-11(2,3)10(14)16-18-13(6,7)9-8-12(4,5)17-15/h15H,8-9H2,1-7H3. The second-order valence-corrected chi connectivity index (χ2v) is 6.81. The summed E-state index contributed by atoms with van der Waals surface area (Å²) in [6, 6.07) is 0. The van der Waals surface area contributed by atoms with Gasteiger partial charge in [0.1, 0.15) is 5.60 Å². The van der Waals surface area contributed by atoms with E-state index in [1.165, 1.54) is 0 Å². The van der Waals surface area contributed by atoms with Crippen LogP contribution >= 0.6 is 0 Å². The molecule has 108 valence electrons. The quantitative estimate of drug-likeness (QED) is 0.587. The molecule has 0 heterocycles. The molecule has 0 radical (unpaired) electrons. The van der Waals surface area contributed by atoms with Gasteiger partial charge in [0, 0.05) is 0 Å². The van der Waals surface area contributed by atoms with E-state index in [-0.39, 0.29) is 0 Å². The fourth-order valence-electron chi connectivity index (χ4n) is 0.965. The maximum Gasteiger partial charge on any atom is 0.347 e. The van der Waals surface area contributed by atoms with Crippen LogP contribution in [0.3, 0.4) is 0 Å². The smallest absolute Gasteiger partial charge is 0.297 e. The van der Waals surface area contributed by atoms with E-state index in [1.54, 1.807) is 34.6 Å². The van der Waals surface area contributed by atoms with E-state index in [2.05, 4.69) is 4.89 Å². The summed E-state index contributed by atoms with van der Waals surface area (Å²) < 4.78 is 0. The minimum Gasteiger partial charge on any atom is -0.297 e. The van der Waals surface area contributed by atoms with Gasteiger partial charge in [0.15, 0.2) is 0 Å². The highest BCUT2D eigenvalue weighted by atomic mass is 17.2. The SMILES string of the molecule is CC(C)(CCC(C)(C)OOC(=O)C(C)(C)C)OO. The maximum absolute atomic E-state index is 11.6. The van der Waals surface area contributed by atoms with Crippen molar-refractivity contribution in [2.75, 3.05) is 0 Å². The van der Waals surface area contributed by atoms with Crippen molar-refractivity contribution in [3.05, 3.63) is 0 Å². The summed E-state index contributed by atoms with van der Waals surface area (Å²) in [7, 11) is 0. The molecule has 1 N–H and O–H groups in total. The lowest BCUT2D eigenvalue weighted by Crippen LogP contribution is -2.33. The Morgan fingerprint density at radius 2 is 1.39 bits per heavy atom. The summed E-state index contributed by atoms with van der Waals surface area (Å²) in [5, 5.41) is 8.69. The lowest BCUT2D eigenvalue weighted by Gasteiger charge is -2.28. The van der Waals surface area contributed by atoms with Crippen molar-refractivity contribution in [1.29, 1.82) is 0 Å². The molecule has 0 aromatic heterocycles. The fraction of sp³-hybridized carbons (Fsp3) is 0.923. The van der Waals surface area contributed by atoms with E-state index >= 15 is 0 Å². The van der Waals surface area contributed by atoms with E-state index in [4.69, 9.17) is 15.0 Å². The molecule has 5 nitrogen and oxygen atoms in total. The first-order valence-electron chi connectivity index (χ1n) is 6.12. The second-order valence-electron chi connectivity index (χ2n) is 6.81. The first-order chi connectivity index (χ1) is 7.90. The number of hydrogen-bond donors (Lipinski definition) is 1. The van der Waals surface area contributed by atoms with Gasteiger partial charge in [0.2, 0.25) is 0 Å². The van der Waals surface area contributed by atoms with Crippen molar-refractivity contribution < 1.29 is 24.7 Å². The zero-order valence-electron chi connectivity index (χ0n) is 12.5. The molecule has 0 rings (SSSR count). The zero-order valence-corrected chi connectivity index (χ0v) is 12.5. The fourth-order valence-corrected chi connectivity index (χ4v) is 0.965. The first-order valence-corrected chi connectivity index (χ1v) is 6.12. The van der Waals surface area contributed by atoms with Gasteiger partial charge in [0.05, 0.1) is 11.0 Å². The average molecular weight is 262 g/mol. The highest BCUT2D eigenvalue weighted by molar-refractivity contribution is 5.74. The summed E-state index contributed by atoms with van der Waals surface area (Å²) >= 11 is 0. The number of carbonyl (C=O) groups is 1. The topological polar surface area (TPSA) is 65.0 Å². The van der Waals surface area contributed by atoms with Crippen LogP contribution in [0.1, 0.15) is 61.3 Å². The monoisotopic (exact) mass is 262 g/mol. The molecule has 0 unspecified atom stereocenters. The Morgan fingerprint density at radius 3 is 1.78 bits per heavy atom. The van der Waals surface area contributed by atoms with Crippen LogP contribution in [-0.2, 0) is 19.5 Å². The molecule has 0 aliphatic rings. The van der Waals surface area contributed by atoms with Gasteiger partial charge < -0.3 is 0 Å². The van der Waals surface area contributed by atoms with Crippen LogP contribution in [0, 0.1) is 5.41 Å². The molecule has 0 amide bonds. The zero-order chi connectivity index (χ0) is 14.6. The van der Waals surface area contributed by atoms with Crippen molar-refractivity contribution in [1.82, 2.24) is 0 Å². The summed E-state index contributed by atoms with van der Waals surface area (Å²) in [6.07, 6.45) is 1.15. The van der Waals surface area contributed by atoms with Crippen molar-refractivity contribution in [3.8, 4) is 0 Å². The second kappa shape index (κ2) is 5.99. The molecule has 5 heteroatoms. The van der Waals surface area contributed by atoms with Crippen LogP contribution < -0.4 is 0 Å². The molecule has 0 saturated carbocycles. The van der Waals surface area contributed by atoms with E-state index < -0.39 is 22.6 Å². The summed E-state index contributed by atoms with van der Waals surface area (Å²) in [5.41, 5.74) is -1.87. The molecule has 18 heavy (non-hydrogen) atoms. The van der Waals surface area contributed by atoms with Crippen molar-refractivity contribution in [3.63, 3.8) is 0 Å². The molecule has 0 aromatic rings. The highest BCUT2D eigenvalue weighted by Gasteiger charge is 2.30. The number of carbonyl (C=O) groups excluding carboxylic acids is 1. The average Bonchev–Trinajstić information content (AvgIpc) is 2.22. The minimum absolute atomic E-state index is 0.409. The summed E-state index contributed by atoms with van der Waals surface area (Å²) in [6.45, 7) is 12.4.